The van der Waals surface area contributed by atoms with Crippen LogP contribution in [0.2, 0.25) is 0 Å². The lowest BCUT2D eigenvalue weighted by Gasteiger charge is -2.19. The molecule has 0 aromatic rings. The maximum absolute atomic E-state index is 11.6. The molecule has 0 aromatic heterocycles. The highest BCUT2D eigenvalue weighted by atomic mass is 16.6. The number of rotatable bonds is 7. The molecule has 1 fully saturated rings. The molecule has 0 aromatic carbocycles. The fraction of sp³-hybridized carbons (Fsp3) is 0.833. The minimum atomic E-state index is -0.494. The van der Waals surface area contributed by atoms with Gasteiger partial charge in [-0.1, -0.05) is 6.92 Å². The van der Waals surface area contributed by atoms with Crippen molar-refractivity contribution in [3.8, 4) is 0 Å². The normalized spacial score (nSPS) is 18.6. The first-order valence-corrected chi connectivity index (χ1v) is 5.90. The Morgan fingerprint density at radius 1 is 1.35 bits per heavy atom. The van der Waals surface area contributed by atoms with Crippen LogP contribution in [0.25, 0.3) is 0 Å². The molecule has 0 amide bonds. The van der Waals surface area contributed by atoms with Crippen molar-refractivity contribution < 1.29 is 23.8 Å². The molecule has 0 aliphatic carbocycles. The molecular formula is C12H20O5. The zero-order chi connectivity index (χ0) is 12.9. The third kappa shape index (κ3) is 5.17. The second kappa shape index (κ2) is 6.00. The summed E-state index contributed by atoms with van der Waals surface area (Å²) < 4.78 is 14.8. The number of hydrogen-bond donors (Lipinski definition) is 0. The number of esters is 2. The predicted octanol–water partition coefficient (Wildman–Crippen LogP) is 1.30. The highest BCUT2D eigenvalue weighted by molar-refractivity contribution is 5.76. The largest absolute Gasteiger partial charge is 0.465 e. The summed E-state index contributed by atoms with van der Waals surface area (Å²) in [6.07, 6.45) is 0.869. The number of epoxide rings is 1. The molecule has 17 heavy (non-hydrogen) atoms. The average molecular weight is 244 g/mol. The second-order valence-corrected chi connectivity index (χ2v) is 4.76. The van der Waals surface area contributed by atoms with E-state index in [4.69, 9.17) is 14.2 Å². The van der Waals surface area contributed by atoms with Gasteiger partial charge < -0.3 is 14.2 Å². The highest BCUT2D eigenvalue weighted by Gasteiger charge is 2.27. The van der Waals surface area contributed by atoms with Gasteiger partial charge >= 0.3 is 11.9 Å². The monoisotopic (exact) mass is 244 g/mol. The maximum atomic E-state index is 11.6. The molecule has 5 heteroatoms. The summed E-state index contributed by atoms with van der Waals surface area (Å²) in [5.74, 6) is -0.638. The van der Waals surface area contributed by atoms with E-state index in [-0.39, 0.29) is 31.1 Å². The Bertz CT molecular complexity index is 281. The first-order chi connectivity index (χ1) is 7.95. The maximum Gasteiger partial charge on any atom is 0.311 e. The number of ether oxygens (including phenoxy) is 3. The molecule has 1 rings (SSSR count). The summed E-state index contributed by atoms with van der Waals surface area (Å²) in [6, 6.07) is 0. The van der Waals surface area contributed by atoms with E-state index in [2.05, 4.69) is 0 Å². The predicted molar refractivity (Wildman–Crippen MR) is 60.3 cm³/mol. The van der Waals surface area contributed by atoms with Gasteiger partial charge in [-0.2, -0.15) is 0 Å². The van der Waals surface area contributed by atoms with E-state index in [1.807, 2.05) is 20.8 Å². The minimum absolute atomic E-state index is 0.0699. The Labute approximate surface area is 101 Å². The molecular weight excluding hydrogens is 224 g/mol. The van der Waals surface area contributed by atoms with Gasteiger partial charge in [0.05, 0.1) is 18.4 Å². The van der Waals surface area contributed by atoms with Gasteiger partial charge in [-0.3, -0.25) is 9.59 Å². The summed E-state index contributed by atoms with van der Waals surface area (Å²) in [4.78, 5) is 22.8. The molecule has 98 valence electrons. The van der Waals surface area contributed by atoms with Gasteiger partial charge in [0, 0.05) is 0 Å². The fourth-order valence-electron chi connectivity index (χ4n) is 0.989. The number of hydrogen-bond acceptors (Lipinski definition) is 5. The standard InChI is InChI=1S/C12H20O5/c1-4-12(2,3)11(14)15-6-5-10(13)17-8-9-7-16-9/h9H,4-8H2,1-3H3. The Kier molecular flexibility index (Phi) is 4.93. The van der Waals surface area contributed by atoms with Crippen LogP contribution in [0.4, 0.5) is 0 Å². The molecule has 0 saturated carbocycles. The average Bonchev–Trinajstić information content (AvgIpc) is 3.10. The van der Waals surface area contributed by atoms with Crippen molar-refractivity contribution >= 4 is 11.9 Å². The second-order valence-electron chi connectivity index (χ2n) is 4.76. The number of carbonyl (C=O) groups excluding carboxylic acids is 2. The SMILES string of the molecule is CCC(C)(C)C(=O)OCCC(=O)OCC1CO1. The van der Waals surface area contributed by atoms with Crippen LogP contribution in [-0.2, 0) is 23.8 Å². The molecule has 1 aliphatic rings. The summed E-state index contributed by atoms with van der Waals surface area (Å²) in [5.41, 5.74) is -0.494. The quantitative estimate of drug-likeness (QED) is 0.499. The van der Waals surface area contributed by atoms with Crippen LogP contribution in [-0.4, -0.2) is 37.9 Å². The topological polar surface area (TPSA) is 65.1 Å². The Balaban J connectivity index is 2.09. The minimum Gasteiger partial charge on any atom is -0.465 e. The smallest absolute Gasteiger partial charge is 0.311 e. The van der Waals surface area contributed by atoms with Gasteiger partial charge in [0.25, 0.3) is 0 Å². The van der Waals surface area contributed by atoms with E-state index < -0.39 is 5.41 Å². The van der Waals surface area contributed by atoms with Gasteiger partial charge in [0.2, 0.25) is 0 Å². The lowest BCUT2D eigenvalue weighted by Crippen LogP contribution is -2.26. The molecule has 0 N–H and O–H groups in total. The summed E-state index contributed by atoms with van der Waals surface area (Å²) >= 11 is 0. The van der Waals surface area contributed by atoms with Crippen molar-refractivity contribution in [3.63, 3.8) is 0 Å². The van der Waals surface area contributed by atoms with Crippen LogP contribution < -0.4 is 0 Å². The van der Waals surface area contributed by atoms with Crippen molar-refractivity contribution in [2.45, 2.75) is 39.7 Å². The van der Waals surface area contributed by atoms with Crippen LogP contribution in [0, 0.1) is 5.41 Å². The lowest BCUT2D eigenvalue weighted by atomic mass is 9.91. The molecule has 0 radical (unpaired) electrons. The van der Waals surface area contributed by atoms with Gasteiger partial charge in [0.15, 0.2) is 0 Å². The number of carbonyl (C=O) groups is 2. The van der Waals surface area contributed by atoms with Crippen LogP contribution >= 0.6 is 0 Å². The van der Waals surface area contributed by atoms with Gasteiger partial charge in [-0.25, -0.2) is 0 Å². The van der Waals surface area contributed by atoms with Crippen molar-refractivity contribution in [1.29, 1.82) is 0 Å². The summed E-state index contributed by atoms with van der Waals surface area (Å²) in [6.45, 7) is 6.59. The molecule has 0 spiro atoms. The van der Waals surface area contributed by atoms with Crippen LogP contribution in [0.5, 0.6) is 0 Å². The Hall–Kier alpha value is -1.10. The van der Waals surface area contributed by atoms with Crippen LogP contribution in [0.1, 0.15) is 33.6 Å². The van der Waals surface area contributed by atoms with E-state index in [1.54, 1.807) is 0 Å². The first kappa shape index (κ1) is 14.0. The molecule has 1 heterocycles. The van der Waals surface area contributed by atoms with Crippen molar-refractivity contribution in [3.05, 3.63) is 0 Å². The summed E-state index contributed by atoms with van der Waals surface area (Å²) in [5, 5.41) is 0. The van der Waals surface area contributed by atoms with Gasteiger partial charge in [0.1, 0.15) is 19.3 Å². The molecule has 1 saturated heterocycles. The van der Waals surface area contributed by atoms with Gasteiger partial charge in [-0.15, -0.1) is 0 Å². The van der Waals surface area contributed by atoms with E-state index in [0.29, 0.717) is 19.6 Å². The van der Waals surface area contributed by atoms with Crippen molar-refractivity contribution in [2.24, 2.45) is 5.41 Å². The molecule has 1 atom stereocenters. The van der Waals surface area contributed by atoms with E-state index in [0.717, 1.165) is 0 Å². The third-order valence-corrected chi connectivity index (χ3v) is 2.81. The zero-order valence-corrected chi connectivity index (χ0v) is 10.7. The fourth-order valence-corrected chi connectivity index (χ4v) is 0.989. The zero-order valence-electron chi connectivity index (χ0n) is 10.7. The molecule has 5 nitrogen and oxygen atoms in total. The van der Waals surface area contributed by atoms with Gasteiger partial charge in [-0.05, 0) is 20.3 Å². The van der Waals surface area contributed by atoms with E-state index >= 15 is 0 Å². The lowest BCUT2D eigenvalue weighted by molar-refractivity contribution is -0.156. The molecule has 1 aliphatic heterocycles. The third-order valence-electron chi connectivity index (χ3n) is 2.81. The molecule has 0 bridgehead atoms. The first-order valence-electron chi connectivity index (χ1n) is 5.90. The van der Waals surface area contributed by atoms with Crippen molar-refractivity contribution in [1.82, 2.24) is 0 Å². The van der Waals surface area contributed by atoms with E-state index in [1.165, 1.54) is 0 Å². The highest BCUT2D eigenvalue weighted by Crippen LogP contribution is 2.21. The summed E-state index contributed by atoms with van der Waals surface area (Å²) in [7, 11) is 0. The van der Waals surface area contributed by atoms with Crippen molar-refractivity contribution in [2.75, 3.05) is 19.8 Å². The Morgan fingerprint density at radius 3 is 2.53 bits per heavy atom. The Morgan fingerprint density at radius 2 is 2.00 bits per heavy atom. The van der Waals surface area contributed by atoms with Crippen LogP contribution in [0.15, 0.2) is 0 Å². The van der Waals surface area contributed by atoms with Crippen LogP contribution in [0.3, 0.4) is 0 Å². The molecule has 1 unspecified atom stereocenters. The van der Waals surface area contributed by atoms with E-state index in [9.17, 15) is 9.59 Å².